The Hall–Kier alpha value is -2.80. The van der Waals surface area contributed by atoms with Crippen LogP contribution in [0.3, 0.4) is 0 Å². The number of hydrogen-bond donors (Lipinski definition) is 0. The molecule has 2 aromatic heterocycles. The van der Waals surface area contributed by atoms with Gasteiger partial charge in [0.25, 0.3) is 11.7 Å². The minimum Gasteiger partial charge on any atom is -0.340 e. The highest BCUT2D eigenvalue weighted by molar-refractivity contribution is 5.95. The first-order valence-corrected chi connectivity index (χ1v) is 7.70. The SMILES string of the molecule is CN(C)CCN(C)C(=O)c1cccc(-c2cnc3nncn3c2)c1. The molecule has 1 aromatic carbocycles. The zero-order valence-electron chi connectivity index (χ0n) is 14.0. The van der Waals surface area contributed by atoms with Crippen molar-refractivity contribution in [2.45, 2.75) is 0 Å². The summed E-state index contributed by atoms with van der Waals surface area (Å²) in [6, 6.07) is 7.58. The first-order chi connectivity index (χ1) is 11.5. The van der Waals surface area contributed by atoms with Crippen LogP contribution in [0.15, 0.2) is 43.0 Å². The number of carbonyl (C=O) groups excluding carboxylic acids is 1. The molecule has 0 atom stereocenters. The van der Waals surface area contributed by atoms with Gasteiger partial charge < -0.3 is 9.80 Å². The lowest BCUT2D eigenvalue weighted by atomic mass is 10.1. The molecule has 2 heterocycles. The average molecular weight is 324 g/mol. The van der Waals surface area contributed by atoms with E-state index in [1.54, 1.807) is 21.8 Å². The van der Waals surface area contributed by atoms with Crippen molar-refractivity contribution in [3.05, 3.63) is 48.5 Å². The van der Waals surface area contributed by atoms with E-state index in [1.165, 1.54) is 0 Å². The maximum absolute atomic E-state index is 12.6. The summed E-state index contributed by atoms with van der Waals surface area (Å²) in [7, 11) is 5.81. The summed E-state index contributed by atoms with van der Waals surface area (Å²) in [6.45, 7) is 1.51. The first kappa shape index (κ1) is 16.1. The molecule has 0 aliphatic rings. The molecule has 0 radical (unpaired) electrons. The first-order valence-electron chi connectivity index (χ1n) is 7.70. The van der Waals surface area contributed by atoms with E-state index in [1.807, 2.05) is 51.6 Å². The van der Waals surface area contributed by atoms with Crippen molar-refractivity contribution in [2.24, 2.45) is 0 Å². The van der Waals surface area contributed by atoms with Crippen LogP contribution < -0.4 is 0 Å². The van der Waals surface area contributed by atoms with Gasteiger partial charge in [0, 0.05) is 43.7 Å². The number of hydrogen-bond acceptors (Lipinski definition) is 5. The van der Waals surface area contributed by atoms with E-state index in [-0.39, 0.29) is 5.91 Å². The van der Waals surface area contributed by atoms with Crippen LogP contribution in [0.5, 0.6) is 0 Å². The highest BCUT2D eigenvalue weighted by atomic mass is 16.2. The van der Waals surface area contributed by atoms with E-state index < -0.39 is 0 Å². The second-order valence-electron chi connectivity index (χ2n) is 5.99. The van der Waals surface area contributed by atoms with Crippen molar-refractivity contribution in [1.29, 1.82) is 0 Å². The van der Waals surface area contributed by atoms with Gasteiger partial charge in [-0.25, -0.2) is 4.98 Å². The number of nitrogens with zero attached hydrogens (tertiary/aromatic N) is 6. The second kappa shape index (κ2) is 6.76. The van der Waals surface area contributed by atoms with Crippen LogP contribution >= 0.6 is 0 Å². The summed E-state index contributed by atoms with van der Waals surface area (Å²) in [5, 5.41) is 7.72. The zero-order chi connectivity index (χ0) is 17.1. The molecule has 0 fully saturated rings. The van der Waals surface area contributed by atoms with Crippen LogP contribution in [-0.4, -0.2) is 69.5 Å². The highest BCUT2D eigenvalue weighted by Gasteiger charge is 2.13. The molecule has 24 heavy (non-hydrogen) atoms. The van der Waals surface area contributed by atoms with E-state index in [9.17, 15) is 4.79 Å². The Morgan fingerprint density at radius 1 is 1.17 bits per heavy atom. The Morgan fingerprint density at radius 2 is 2.00 bits per heavy atom. The molecule has 3 aromatic rings. The summed E-state index contributed by atoms with van der Waals surface area (Å²) in [6.07, 6.45) is 5.25. The third kappa shape index (κ3) is 3.41. The molecule has 0 N–H and O–H groups in total. The molecule has 0 saturated heterocycles. The summed E-state index contributed by atoms with van der Waals surface area (Å²) < 4.78 is 1.76. The molecule has 3 rings (SSSR count). The maximum atomic E-state index is 12.6. The largest absolute Gasteiger partial charge is 0.340 e. The van der Waals surface area contributed by atoms with Crippen LogP contribution in [0.25, 0.3) is 16.9 Å². The molecule has 0 aliphatic carbocycles. The van der Waals surface area contributed by atoms with Crippen molar-refractivity contribution in [2.75, 3.05) is 34.2 Å². The maximum Gasteiger partial charge on any atom is 0.254 e. The van der Waals surface area contributed by atoms with Gasteiger partial charge in [-0.2, -0.15) is 0 Å². The molecule has 0 spiro atoms. The average Bonchev–Trinajstić information content (AvgIpc) is 3.06. The molecule has 1 amide bonds. The summed E-state index contributed by atoms with van der Waals surface area (Å²) >= 11 is 0. The highest BCUT2D eigenvalue weighted by Crippen LogP contribution is 2.20. The van der Waals surface area contributed by atoms with Gasteiger partial charge in [0.15, 0.2) is 0 Å². The fourth-order valence-corrected chi connectivity index (χ4v) is 2.38. The van der Waals surface area contributed by atoms with Gasteiger partial charge in [0.05, 0.1) is 0 Å². The molecule has 0 aliphatic heterocycles. The summed E-state index contributed by atoms with van der Waals surface area (Å²) in [5.41, 5.74) is 2.51. The topological polar surface area (TPSA) is 66.6 Å². The summed E-state index contributed by atoms with van der Waals surface area (Å²) in [4.78, 5) is 20.6. The van der Waals surface area contributed by atoms with Crippen LogP contribution in [0.4, 0.5) is 0 Å². The molecule has 7 nitrogen and oxygen atoms in total. The molecular weight excluding hydrogens is 304 g/mol. The number of amides is 1. The number of fused-ring (bicyclic) bond motifs is 1. The number of rotatable bonds is 5. The molecule has 0 unspecified atom stereocenters. The lowest BCUT2D eigenvalue weighted by Gasteiger charge is -2.20. The van der Waals surface area contributed by atoms with Gasteiger partial charge in [-0.05, 0) is 31.8 Å². The van der Waals surface area contributed by atoms with Gasteiger partial charge in [-0.15, -0.1) is 10.2 Å². The Bertz CT molecular complexity index is 857. The fraction of sp³-hybridized carbons (Fsp3) is 0.294. The van der Waals surface area contributed by atoms with Crippen molar-refractivity contribution < 1.29 is 4.79 Å². The van der Waals surface area contributed by atoms with E-state index in [4.69, 9.17) is 0 Å². The van der Waals surface area contributed by atoms with Gasteiger partial charge in [0.1, 0.15) is 6.33 Å². The Kier molecular flexibility index (Phi) is 4.52. The van der Waals surface area contributed by atoms with E-state index in [2.05, 4.69) is 20.1 Å². The molecule has 7 heteroatoms. The Morgan fingerprint density at radius 3 is 2.79 bits per heavy atom. The number of carbonyl (C=O) groups is 1. The minimum absolute atomic E-state index is 0.0111. The predicted octanol–water partition coefficient (Wildman–Crippen LogP) is 1.42. The summed E-state index contributed by atoms with van der Waals surface area (Å²) in [5.74, 6) is 0.562. The minimum atomic E-state index is 0.0111. The third-order valence-corrected chi connectivity index (χ3v) is 3.82. The Balaban J connectivity index is 1.84. The van der Waals surface area contributed by atoms with E-state index in [0.29, 0.717) is 17.9 Å². The van der Waals surface area contributed by atoms with Gasteiger partial charge in [-0.1, -0.05) is 12.1 Å². The lowest BCUT2D eigenvalue weighted by Crippen LogP contribution is -2.33. The van der Waals surface area contributed by atoms with Gasteiger partial charge in [0.2, 0.25) is 0 Å². The quantitative estimate of drug-likeness (QED) is 0.710. The zero-order valence-corrected chi connectivity index (χ0v) is 14.0. The number of aromatic nitrogens is 4. The van der Waals surface area contributed by atoms with Crippen LogP contribution in [0.2, 0.25) is 0 Å². The molecule has 0 saturated carbocycles. The smallest absolute Gasteiger partial charge is 0.254 e. The predicted molar refractivity (Wildman–Crippen MR) is 91.7 cm³/mol. The van der Waals surface area contributed by atoms with Crippen LogP contribution in [-0.2, 0) is 0 Å². The molecule has 124 valence electrons. The molecular formula is C17H20N6O. The molecule has 0 bridgehead atoms. The fourth-order valence-electron chi connectivity index (χ4n) is 2.38. The van der Waals surface area contributed by atoms with Crippen molar-refractivity contribution in [3.63, 3.8) is 0 Å². The van der Waals surface area contributed by atoms with Gasteiger partial charge in [-0.3, -0.25) is 9.20 Å². The number of likely N-dealkylation sites (N-methyl/N-ethyl adjacent to an activating group) is 2. The third-order valence-electron chi connectivity index (χ3n) is 3.82. The standard InChI is InChI=1S/C17H20N6O/c1-21(2)7-8-22(3)16(24)14-6-4-5-13(9-14)15-10-18-17-20-19-12-23(17)11-15/h4-6,9-12H,7-8H2,1-3H3. The van der Waals surface area contributed by atoms with Crippen molar-refractivity contribution in [3.8, 4) is 11.1 Å². The van der Waals surface area contributed by atoms with Crippen molar-refractivity contribution >= 4 is 11.7 Å². The van der Waals surface area contributed by atoms with Crippen LogP contribution in [0.1, 0.15) is 10.4 Å². The Labute approximate surface area is 140 Å². The normalized spacial score (nSPS) is 11.2. The van der Waals surface area contributed by atoms with Crippen LogP contribution in [0, 0.1) is 0 Å². The van der Waals surface area contributed by atoms with Crippen molar-refractivity contribution in [1.82, 2.24) is 29.4 Å². The second-order valence-corrected chi connectivity index (χ2v) is 5.99. The monoisotopic (exact) mass is 324 g/mol. The lowest BCUT2D eigenvalue weighted by molar-refractivity contribution is 0.0786. The number of benzene rings is 1. The van der Waals surface area contributed by atoms with E-state index >= 15 is 0 Å². The van der Waals surface area contributed by atoms with E-state index in [0.717, 1.165) is 17.7 Å². The van der Waals surface area contributed by atoms with Gasteiger partial charge >= 0.3 is 0 Å².